The van der Waals surface area contributed by atoms with Crippen LogP contribution in [0, 0.1) is 20.8 Å². The van der Waals surface area contributed by atoms with Crippen LogP contribution in [0.5, 0.6) is 0 Å². The van der Waals surface area contributed by atoms with Gasteiger partial charge in [0, 0.05) is 29.4 Å². The fraction of sp³-hybridized carbons (Fsp3) is 0.316. The number of carbonyl (C=O) groups excluding carboxylic acids is 1. The first-order valence-corrected chi connectivity index (χ1v) is 10.1. The number of rotatable bonds is 4. The molecular formula is C19H18F3N7OS. The van der Waals surface area contributed by atoms with Gasteiger partial charge in [-0.1, -0.05) is 0 Å². The second-order valence-electron chi connectivity index (χ2n) is 7.10. The summed E-state index contributed by atoms with van der Waals surface area (Å²) in [7, 11) is 1.82. The summed E-state index contributed by atoms with van der Waals surface area (Å²) >= 11 is 1.24. The Labute approximate surface area is 178 Å². The second kappa shape index (κ2) is 7.45. The van der Waals surface area contributed by atoms with Gasteiger partial charge in [0.1, 0.15) is 6.54 Å². The average molecular weight is 449 g/mol. The maximum absolute atomic E-state index is 13.5. The summed E-state index contributed by atoms with van der Waals surface area (Å²) < 4.78 is 43.3. The lowest BCUT2D eigenvalue weighted by atomic mass is 10.1. The van der Waals surface area contributed by atoms with E-state index in [1.807, 2.05) is 14.0 Å². The number of fused-ring (bicyclic) bond motifs is 1. The Morgan fingerprint density at radius 2 is 1.97 bits per heavy atom. The number of hydrogen-bond acceptors (Lipinski definition) is 6. The molecule has 0 fully saturated rings. The van der Waals surface area contributed by atoms with Crippen molar-refractivity contribution in [1.29, 1.82) is 0 Å². The van der Waals surface area contributed by atoms with E-state index in [1.54, 1.807) is 16.3 Å². The lowest BCUT2D eigenvalue weighted by Gasteiger charge is -2.10. The summed E-state index contributed by atoms with van der Waals surface area (Å²) in [6, 6.07) is 0.985. The summed E-state index contributed by atoms with van der Waals surface area (Å²) in [5.74, 6) is -0.468. The van der Waals surface area contributed by atoms with Gasteiger partial charge >= 0.3 is 6.18 Å². The zero-order valence-electron chi connectivity index (χ0n) is 17.1. The highest BCUT2D eigenvalue weighted by molar-refractivity contribution is 7.14. The normalized spacial score (nSPS) is 12.0. The first-order valence-electron chi connectivity index (χ1n) is 9.21. The van der Waals surface area contributed by atoms with Crippen LogP contribution in [0.25, 0.3) is 22.3 Å². The standard InChI is InChI=1S/C19H18F3N7OS/c1-9-5-13(19(20,21)22)16-10(2)27-29(17(16)24-9)7-15(30)26-18-25-14(8-31-18)12-6-23-28(4)11(12)3/h5-6,8H,7H2,1-4H3,(H,25,26,30). The van der Waals surface area contributed by atoms with Crippen LogP contribution >= 0.6 is 11.3 Å². The maximum atomic E-state index is 13.5. The summed E-state index contributed by atoms with van der Waals surface area (Å²) in [5.41, 5.74) is 2.03. The molecule has 4 rings (SSSR count). The van der Waals surface area contributed by atoms with E-state index < -0.39 is 17.6 Å². The van der Waals surface area contributed by atoms with E-state index in [2.05, 4.69) is 25.5 Å². The van der Waals surface area contributed by atoms with Gasteiger partial charge in [0.2, 0.25) is 5.91 Å². The molecule has 0 saturated heterocycles. The number of thiazole rings is 1. The number of aryl methyl sites for hydroxylation is 3. The fourth-order valence-electron chi connectivity index (χ4n) is 3.31. The molecule has 12 heteroatoms. The van der Waals surface area contributed by atoms with Crippen molar-refractivity contribution in [1.82, 2.24) is 29.5 Å². The van der Waals surface area contributed by atoms with Gasteiger partial charge in [-0.05, 0) is 26.8 Å². The lowest BCUT2D eigenvalue weighted by molar-refractivity contribution is -0.136. The minimum Gasteiger partial charge on any atom is -0.300 e. The molecule has 162 valence electrons. The third-order valence-corrected chi connectivity index (χ3v) is 5.62. The molecule has 4 aromatic rings. The Balaban J connectivity index is 1.59. The molecule has 8 nitrogen and oxygen atoms in total. The number of amides is 1. The zero-order valence-corrected chi connectivity index (χ0v) is 17.9. The number of carbonyl (C=O) groups is 1. The monoisotopic (exact) mass is 449 g/mol. The Kier molecular flexibility index (Phi) is 5.04. The first-order chi connectivity index (χ1) is 14.5. The summed E-state index contributed by atoms with van der Waals surface area (Å²) in [5, 5.41) is 13.0. The van der Waals surface area contributed by atoms with E-state index in [1.165, 1.54) is 29.9 Å². The molecule has 0 aromatic carbocycles. The van der Waals surface area contributed by atoms with Crippen molar-refractivity contribution in [2.24, 2.45) is 7.05 Å². The Morgan fingerprint density at radius 1 is 1.23 bits per heavy atom. The van der Waals surface area contributed by atoms with Gasteiger partial charge in [0.15, 0.2) is 10.8 Å². The molecule has 0 aliphatic heterocycles. The molecule has 4 aromatic heterocycles. The van der Waals surface area contributed by atoms with Crippen LogP contribution in [0.1, 0.15) is 22.6 Å². The van der Waals surface area contributed by atoms with Gasteiger partial charge < -0.3 is 5.32 Å². The lowest BCUT2D eigenvalue weighted by Crippen LogP contribution is -2.20. The molecular weight excluding hydrogens is 431 g/mol. The van der Waals surface area contributed by atoms with Gasteiger partial charge in [-0.15, -0.1) is 11.3 Å². The van der Waals surface area contributed by atoms with Crippen molar-refractivity contribution in [2.75, 3.05) is 5.32 Å². The van der Waals surface area contributed by atoms with Crippen LogP contribution < -0.4 is 5.32 Å². The number of nitrogens with zero attached hydrogens (tertiary/aromatic N) is 6. The van der Waals surface area contributed by atoms with Crippen molar-refractivity contribution in [3.05, 3.63) is 40.3 Å². The van der Waals surface area contributed by atoms with E-state index in [4.69, 9.17) is 0 Å². The van der Waals surface area contributed by atoms with E-state index in [-0.39, 0.29) is 29.0 Å². The van der Waals surface area contributed by atoms with E-state index >= 15 is 0 Å². The number of alkyl halides is 3. The van der Waals surface area contributed by atoms with Gasteiger partial charge in [0.25, 0.3) is 0 Å². The van der Waals surface area contributed by atoms with Crippen molar-refractivity contribution in [3.63, 3.8) is 0 Å². The summed E-state index contributed by atoms with van der Waals surface area (Å²) in [6.45, 7) is 4.56. The number of aromatic nitrogens is 6. The number of halogens is 3. The molecule has 0 radical (unpaired) electrons. The van der Waals surface area contributed by atoms with Crippen molar-refractivity contribution in [3.8, 4) is 11.3 Å². The van der Waals surface area contributed by atoms with E-state index in [0.717, 1.165) is 17.3 Å². The molecule has 0 bridgehead atoms. The van der Waals surface area contributed by atoms with Gasteiger partial charge in [-0.2, -0.15) is 23.4 Å². The predicted molar refractivity (Wildman–Crippen MR) is 110 cm³/mol. The highest BCUT2D eigenvalue weighted by atomic mass is 32.1. The summed E-state index contributed by atoms with van der Waals surface area (Å²) in [6.07, 6.45) is -2.85. The SMILES string of the molecule is Cc1cc(C(F)(F)F)c2c(C)nn(CC(=O)Nc3nc(-c4cnn(C)c4C)cs3)c2n1. The third-order valence-electron chi connectivity index (χ3n) is 4.87. The van der Waals surface area contributed by atoms with Crippen molar-refractivity contribution < 1.29 is 18.0 Å². The second-order valence-corrected chi connectivity index (χ2v) is 7.96. The maximum Gasteiger partial charge on any atom is 0.417 e. The fourth-order valence-corrected chi connectivity index (χ4v) is 4.04. The number of pyridine rings is 1. The topological polar surface area (TPSA) is 90.5 Å². The molecule has 0 unspecified atom stereocenters. The van der Waals surface area contributed by atoms with Crippen molar-refractivity contribution in [2.45, 2.75) is 33.5 Å². The minimum atomic E-state index is -4.55. The van der Waals surface area contributed by atoms with E-state index in [0.29, 0.717) is 10.8 Å². The third kappa shape index (κ3) is 3.90. The van der Waals surface area contributed by atoms with Crippen LogP contribution in [-0.4, -0.2) is 35.4 Å². The highest BCUT2D eigenvalue weighted by Crippen LogP contribution is 2.36. The smallest absolute Gasteiger partial charge is 0.300 e. The largest absolute Gasteiger partial charge is 0.417 e. The molecule has 4 heterocycles. The number of hydrogen-bond donors (Lipinski definition) is 1. The van der Waals surface area contributed by atoms with Gasteiger partial charge in [-0.25, -0.2) is 14.6 Å². The number of nitrogens with one attached hydrogen (secondary N) is 1. The van der Waals surface area contributed by atoms with Crippen LogP contribution in [0.4, 0.5) is 18.3 Å². The summed E-state index contributed by atoms with van der Waals surface area (Å²) in [4.78, 5) is 21.1. The Morgan fingerprint density at radius 3 is 2.61 bits per heavy atom. The molecule has 1 amide bonds. The Hall–Kier alpha value is -3.28. The van der Waals surface area contributed by atoms with Gasteiger partial charge in [0.05, 0.1) is 28.5 Å². The van der Waals surface area contributed by atoms with Crippen LogP contribution in [0.15, 0.2) is 17.6 Å². The average Bonchev–Trinajstić information content (AvgIpc) is 3.34. The van der Waals surface area contributed by atoms with Crippen LogP contribution in [0.3, 0.4) is 0 Å². The van der Waals surface area contributed by atoms with Gasteiger partial charge in [-0.3, -0.25) is 9.48 Å². The molecule has 1 N–H and O–H groups in total. The molecule has 31 heavy (non-hydrogen) atoms. The van der Waals surface area contributed by atoms with Crippen molar-refractivity contribution >= 4 is 33.4 Å². The number of anilines is 1. The van der Waals surface area contributed by atoms with E-state index in [9.17, 15) is 18.0 Å². The molecule has 0 atom stereocenters. The predicted octanol–water partition coefficient (Wildman–Crippen LogP) is 3.87. The molecule has 0 saturated carbocycles. The molecule has 0 aliphatic carbocycles. The minimum absolute atomic E-state index is 0.0192. The van der Waals surface area contributed by atoms with Crippen LogP contribution in [0.2, 0.25) is 0 Å². The quantitative estimate of drug-likeness (QED) is 0.511. The molecule has 0 spiro atoms. The Bertz CT molecular complexity index is 1300. The first kappa shape index (κ1) is 21.0. The van der Waals surface area contributed by atoms with Crippen LogP contribution in [-0.2, 0) is 24.6 Å². The highest BCUT2D eigenvalue weighted by Gasteiger charge is 2.35. The molecule has 0 aliphatic rings. The zero-order chi connectivity index (χ0) is 22.5.